The Kier molecular flexibility index (Phi) is 3.85. The van der Waals surface area contributed by atoms with Crippen molar-refractivity contribution in [2.24, 2.45) is 0 Å². The number of aromatic amines is 1. The van der Waals surface area contributed by atoms with Crippen LogP contribution in [0, 0.1) is 0 Å². The van der Waals surface area contributed by atoms with Gasteiger partial charge in [0.15, 0.2) is 5.69 Å². The first-order valence-corrected chi connectivity index (χ1v) is 7.00. The third-order valence-electron chi connectivity index (χ3n) is 3.63. The molecule has 0 amide bonds. The first kappa shape index (κ1) is 13.6. The van der Waals surface area contributed by atoms with Gasteiger partial charge in [-0.2, -0.15) is 5.10 Å². The molecular weight excluding hydrogens is 270 g/mol. The number of pyridine rings is 1. The zero-order valence-corrected chi connectivity index (χ0v) is 11.9. The fourth-order valence-electron chi connectivity index (χ4n) is 2.48. The second-order valence-electron chi connectivity index (χ2n) is 5.02. The van der Waals surface area contributed by atoms with Crippen molar-refractivity contribution < 1.29 is 14.3 Å². The van der Waals surface area contributed by atoms with Gasteiger partial charge in [0.25, 0.3) is 0 Å². The van der Waals surface area contributed by atoms with Gasteiger partial charge in [0.1, 0.15) is 6.61 Å². The number of carbonyl (C=O) groups excluding carboxylic acids is 1. The molecule has 1 aliphatic carbocycles. The first-order chi connectivity index (χ1) is 10.3. The van der Waals surface area contributed by atoms with Gasteiger partial charge < -0.3 is 9.47 Å². The number of aryl methyl sites for hydroxylation is 1. The highest BCUT2D eigenvalue weighted by atomic mass is 16.5. The molecule has 0 spiro atoms. The van der Waals surface area contributed by atoms with Gasteiger partial charge in [-0.15, -0.1) is 0 Å². The zero-order chi connectivity index (χ0) is 14.7. The van der Waals surface area contributed by atoms with Gasteiger partial charge in [-0.05, 0) is 31.7 Å². The molecular formula is C15H17N3O3. The van der Waals surface area contributed by atoms with Gasteiger partial charge in [0.05, 0.1) is 7.11 Å². The summed E-state index contributed by atoms with van der Waals surface area (Å²) in [6, 6.07) is 3.55. The fraction of sp³-hybridized carbons (Fsp3) is 0.400. The Morgan fingerprint density at radius 3 is 2.95 bits per heavy atom. The van der Waals surface area contributed by atoms with Gasteiger partial charge >= 0.3 is 5.97 Å². The number of fused-ring (bicyclic) bond motifs is 1. The SMILES string of the molecule is COc1ccc(COC(=O)c2n[nH]c3c2CCCC3)cn1. The Labute approximate surface area is 122 Å². The second-order valence-corrected chi connectivity index (χ2v) is 5.02. The van der Waals surface area contributed by atoms with Crippen LogP contribution in [0.2, 0.25) is 0 Å². The number of carbonyl (C=O) groups is 1. The number of nitrogens with zero attached hydrogens (tertiary/aromatic N) is 2. The number of H-pyrrole nitrogens is 1. The summed E-state index contributed by atoms with van der Waals surface area (Å²) < 4.78 is 10.3. The molecule has 6 nitrogen and oxygen atoms in total. The topological polar surface area (TPSA) is 77.1 Å². The number of esters is 1. The van der Waals surface area contributed by atoms with Crippen molar-refractivity contribution in [3.63, 3.8) is 0 Å². The molecule has 0 saturated heterocycles. The van der Waals surface area contributed by atoms with Gasteiger partial charge in [0, 0.05) is 29.1 Å². The lowest BCUT2D eigenvalue weighted by Crippen LogP contribution is -2.10. The molecule has 0 bridgehead atoms. The Morgan fingerprint density at radius 1 is 1.33 bits per heavy atom. The number of aromatic nitrogens is 3. The Morgan fingerprint density at radius 2 is 2.19 bits per heavy atom. The number of ether oxygens (including phenoxy) is 2. The molecule has 110 valence electrons. The molecule has 2 aromatic heterocycles. The van der Waals surface area contributed by atoms with Crippen LogP contribution in [-0.4, -0.2) is 28.3 Å². The Hall–Kier alpha value is -2.37. The van der Waals surface area contributed by atoms with Crippen LogP contribution >= 0.6 is 0 Å². The highest BCUT2D eigenvalue weighted by Crippen LogP contribution is 2.22. The van der Waals surface area contributed by atoms with Crippen LogP contribution in [0.5, 0.6) is 5.88 Å². The van der Waals surface area contributed by atoms with Crippen molar-refractivity contribution in [3.05, 3.63) is 40.8 Å². The van der Waals surface area contributed by atoms with Crippen LogP contribution in [0.15, 0.2) is 18.3 Å². The standard InChI is InChI=1S/C15H17N3O3/c1-20-13-7-6-10(8-16-13)9-21-15(19)14-11-4-2-3-5-12(11)17-18-14/h6-8H,2-5,9H2,1H3,(H,17,18). The summed E-state index contributed by atoms with van der Waals surface area (Å²) >= 11 is 0. The highest BCUT2D eigenvalue weighted by molar-refractivity contribution is 5.89. The minimum absolute atomic E-state index is 0.178. The van der Waals surface area contributed by atoms with Crippen molar-refractivity contribution in [1.29, 1.82) is 0 Å². The van der Waals surface area contributed by atoms with Crippen molar-refractivity contribution in [3.8, 4) is 5.88 Å². The summed E-state index contributed by atoms with van der Waals surface area (Å²) in [5, 5.41) is 7.04. The summed E-state index contributed by atoms with van der Waals surface area (Å²) in [6.07, 6.45) is 5.71. The van der Waals surface area contributed by atoms with E-state index in [0.29, 0.717) is 11.6 Å². The van der Waals surface area contributed by atoms with E-state index in [4.69, 9.17) is 9.47 Å². The van der Waals surface area contributed by atoms with Crippen LogP contribution in [-0.2, 0) is 24.2 Å². The first-order valence-electron chi connectivity index (χ1n) is 7.00. The second kappa shape index (κ2) is 5.95. The third kappa shape index (κ3) is 2.89. The molecule has 0 radical (unpaired) electrons. The molecule has 1 N–H and O–H groups in total. The molecule has 0 saturated carbocycles. The number of hydrogen-bond donors (Lipinski definition) is 1. The van der Waals surface area contributed by atoms with Crippen molar-refractivity contribution in [2.45, 2.75) is 32.3 Å². The largest absolute Gasteiger partial charge is 0.481 e. The lowest BCUT2D eigenvalue weighted by molar-refractivity contribution is 0.0464. The molecule has 0 unspecified atom stereocenters. The lowest BCUT2D eigenvalue weighted by atomic mass is 9.96. The van der Waals surface area contributed by atoms with Gasteiger partial charge in [0.2, 0.25) is 5.88 Å². The average molecular weight is 287 g/mol. The molecule has 0 aromatic carbocycles. The van der Waals surface area contributed by atoms with Gasteiger partial charge in [-0.25, -0.2) is 9.78 Å². The Balaban J connectivity index is 1.64. The van der Waals surface area contributed by atoms with E-state index in [-0.39, 0.29) is 12.6 Å². The molecule has 2 heterocycles. The highest BCUT2D eigenvalue weighted by Gasteiger charge is 2.22. The summed E-state index contributed by atoms with van der Waals surface area (Å²) in [6.45, 7) is 0.178. The van der Waals surface area contributed by atoms with E-state index >= 15 is 0 Å². The average Bonchev–Trinajstić information content (AvgIpc) is 2.97. The molecule has 3 rings (SSSR count). The van der Waals surface area contributed by atoms with Crippen LogP contribution in [0.4, 0.5) is 0 Å². The summed E-state index contributed by atoms with van der Waals surface area (Å²) in [5.74, 6) is 0.150. The maximum atomic E-state index is 12.1. The van der Waals surface area contributed by atoms with E-state index in [1.165, 1.54) is 0 Å². The van der Waals surface area contributed by atoms with Crippen molar-refractivity contribution >= 4 is 5.97 Å². The Bertz CT molecular complexity index is 634. The summed E-state index contributed by atoms with van der Waals surface area (Å²) in [5.41, 5.74) is 3.32. The van der Waals surface area contributed by atoms with E-state index < -0.39 is 0 Å². The van der Waals surface area contributed by atoms with Crippen molar-refractivity contribution in [2.75, 3.05) is 7.11 Å². The predicted octanol–water partition coefficient (Wildman–Crippen LogP) is 2.05. The molecule has 6 heteroatoms. The van der Waals surface area contributed by atoms with Crippen molar-refractivity contribution in [1.82, 2.24) is 15.2 Å². The number of hydrogen-bond acceptors (Lipinski definition) is 5. The summed E-state index contributed by atoms with van der Waals surface area (Å²) in [7, 11) is 1.56. The van der Waals surface area contributed by atoms with Crippen LogP contribution < -0.4 is 4.74 Å². The van der Waals surface area contributed by atoms with Crippen LogP contribution in [0.3, 0.4) is 0 Å². The molecule has 0 atom stereocenters. The number of methoxy groups -OCH3 is 1. The minimum atomic E-state index is -0.384. The lowest BCUT2D eigenvalue weighted by Gasteiger charge is -2.10. The molecule has 0 aliphatic heterocycles. The van der Waals surface area contributed by atoms with Gasteiger partial charge in [-0.1, -0.05) is 0 Å². The van der Waals surface area contributed by atoms with E-state index in [2.05, 4.69) is 15.2 Å². The minimum Gasteiger partial charge on any atom is -0.481 e. The molecule has 21 heavy (non-hydrogen) atoms. The normalized spacial score (nSPS) is 13.6. The summed E-state index contributed by atoms with van der Waals surface area (Å²) in [4.78, 5) is 16.2. The quantitative estimate of drug-likeness (QED) is 0.871. The maximum Gasteiger partial charge on any atom is 0.359 e. The van der Waals surface area contributed by atoms with E-state index in [1.54, 1.807) is 19.4 Å². The predicted molar refractivity (Wildman–Crippen MR) is 75.1 cm³/mol. The molecule has 2 aromatic rings. The molecule has 0 fully saturated rings. The van der Waals surface area contributed by atoms with E-state index in [1.807, 2.05) is 6.07 Å². The molecule has 1 aliphatic rings. The van der Waals surface area contributed by atoms with E-state index in [0.717, 1.165) is 42.5 Å². The smallest absolute Gasteiger partial charge is 0.359 e. The number of rotatable bonds is 4. The van der Waals surface area contributed by atoms with E-state index in [9.17, 15) is 4.79 Å². The maximum absolute atomic E-state index is 12.1. The fourth-order valence-corrected chi connectivity index (χ4v) is 2.48. The number of nitrogens with one attached hydrogen (secondary N) is 1. The zero-order valence-electron chi connectivity index (χ0n) is 11.9. The third-order valence-corrected chi connectivity index (χ3v) is 3.63. The monoisotopic (exact) mass is 287 g/mol. The van der Waals surface area contributed by atoms with Crippen LogP contribution in [0.1, 0.15) is 40.2 Å². The van der Waals surface area contributed by atoms with Gasteiger partial charge in [-0.3, -0.25) is 5.10 Å². The van der Waals surface area contributed by atoms with Crippen LogP contribution in [0.25, 0.3) is 0 Å².